The zero-order valence-electron chi connectivity index (χ0n) is 15.6. The van der Waals surface area contributed by atoms with Crippen LogP contribution in [0.2, 0.25) is 0 Å². The highest BCUT2D eigenvalue weighted by molar-refractivity contribution is 6.09. The van der Waals surface area contributed by atoms with E-state index in [1.807, 2.05) is 42.5 Å². The number of hydrogen-bond acceptors (Lipinski definition) is 3. The number of amides is 2. The van der Waals surface area contributed by atoms with Gasteiger partial charge in [0.2, 0.25) is 0 Å². The molecule has 0 radical (unpaired) electrons. The summed E-state index contributed by atoms with van der Waals surface area (Å²) in [5.74, 6) is 0.238. The molecule has 1 N–H and O–H groups in total. The fourth-order valence-corrected chi connectivity index (χ4v) is 3.45. The van der Waals surface area contributed by atoms with Crippen molar-refractivity contribution >= 4 is 28.5 Å². The van der Waals surface area contributed by atoms with Crippen LogP contribution < -0.4 is 10.1 Å². The van der Waals surface area contributed by atoms with Gasteiger partial charge < -0.3 is 15.0 Å². The van der Waals surface area contributed by atoms with Gasteiger partial charge in [0.1, 0.15) is 5.75 Å². The maximum Gasteiger partial charge on any atom is 0.415 e. The molecule has 0 bridgehead atoms. The smallest absolute Gasteiger partial charge is 0.410 e. The first-order valence-corrected chi connectivity index (χ1v) is 9.57. The summed E-state index contributed by atoms with van der Waals surface area (Å²) < 4.78 is 5.42. The highest BCUT2D eigenvalue weighted by Crippen LogP contribution is 2.24. The van der Waals surface area contributed by atoms with Crippen LogP contribution in [-0.2, 0) is 0 Å². The summed E-state index contributed by atoms with van der Waals surface area (Å²) in [4.78, 5) is 26.5. The van der Waals surface area contributed by atoms with Gasteiger partial charge in [0.15, 0.2) is 0 Å². The van der Waals surface area contributed by atoms with Crippen molar-refractivity contribution in [3.05, 3.63) is 72.3 Å². The molecule has 1 aliphatic heterocycles. The van der Waals surface area contributed by atoms with Crippen molar-refractivity contribution < 1.29 is 14.3 Å². The number of anilines is 1. The summed E-state index contributed by atoms with van der Waals surface area (Å²) in [5.41, 5.74) is 1.27. The van der Waals surface area contributed by atoms with E-state index in [0.717, 1.165) is 48.8 Å². The Morgan fingerprint density at radius 1 is 0.821 bits per heavy atom. The summed E-state index contributed by atoms with van der Waals surface area (Å²) >= 11 is 0. The fourth-order valence-electron chi connectivity index (χ4n) is 3.45. The van der Waals surface area contributed by atoms with Crippen molar-refractivity contribution in [1.82, 2.24) is 4.90 Å². The molecule has 3 aromatic rings. The minimum Gasteiger partial charge on any atom is -0.410 e. The van der Waals surface area contributed by atoms with Crippen LogP contribution in [0.5, 0.6) is 5.75 Å². The number of nitrogens with one attached hydrogen (secondary N) is 1. The third kappa shape index (κ3) is 3.98. The molecular formula is C23H22N2O3. The summed E-state index contributed by atoms with van der Waals surface area (Å²) in [6.45, 7) is 1.48. The highest BCUT2D eigenvalue weighted by Gasteiger charge is 2.18. The second-order valence-corrected chi connectivity index (χ2v) is 6.92. The van der Waals surface area contributed by atoms with Crippen molar-refractivity contribution in [3.8, 4) is 5.75 Å². The number of ether oxygens (including phenoxy) is 1. The summed E-state index contributed by atoms with van der Waals surface area (Å²) in [5, 5.41) is 5.02. The lowest BCUT2D eigenvalue weighted by Gasteiger charge is -2.25. The van der Waals surface area contributed by atoms with Gasteiger partial charge in [0, 0.05) is 29.7 Å². The van der Waals surface area contributed by atoms with E-state index in [0.29, 0.717) is 11.3 Å². The van der Waals surface area contributed by atoms with E-state index in [1.165, 1.54) is 0 Å². The van der Waals surface area contributed by atoms with E-state index in [2.05, 4.69) is 5.32 Å². The molecule has 1 saturated heterocycles. The maximum absolute atomic E-state index is 12.6. The van der Waals surface area contributed by atoms with Crippen LogP contribution >= 0.6 is 0 Å². The summed E-state index contributed by atoms with van der Waals surface area (Å²) in [6.07, 6.45) is 2.86. The molecule has 28 heavy (non-hydrogen) atoms. The second kappa shape index (κ2) is 8.13. The molecule has 1 fully saturated rings. The van der Waals surface area contributed by atoms with Gasteiger partial charge in [-0.15, -0.1) is 0 Å². The number of benzene rings is 3. The third-order valence-corrected chi connectivity index (χ3v) is 4.97. The van der Waals surface area contributed by atoms with Crippen LogP contribution in [-0.4, -0.2) is 30.0 Å². The fraction of sp³-hybridized carbons (Fsp3) is 0.217. The highest BCUT2D eigenvalue weighted by atomic mass is 16.6. The van der Waals surface area contributed by atoms with Crippen molar-refractivity contribution in [2.75, 3.05) is 18.4 Å². The second-order valence-electron chi connectivity index (χ2n) is 6.92. The molecule has 1 aliphatic rings. The van der Waals surface area contributed by atoms with E-state index in [1.54, 1.807) is 29.2 Å². The lowest BCUT2D eigenvalue weighted by atomic mass is 10.1. The lowest BCUT2D eigenvalue weighted by Crippen LogP contribution is -2.37. The van der Waals surface area contributed by atoms with Crippen molar-refractivity contribution in [2.24, 2.45) is 0 Å². The Morgan fingerprint density at radius 3 is 2.32 bits per heavy atom. The molecule has 5 nitrogen and oxygen atoms in total. The largest absolute Gasteiger partial charge is 0.415 e. The number of hydrogen-bond donors (Lipinski definition) is 1. The van der Waals surface area contributed by atoms with Crippen molar-refractivity contribution in [1.29, 1.82) is 0 Å². The number of fused-ring (bicyclic) bond motifs is 1. The van der Waals surface area contributed by atoms with Gasteiger partial charge in [-0.2, -0.15) is 0 Å². The molecule has 1 heterocycles. The lowest BCUT2D eigenvalue weighted by molar-refractivity contribution is 0.102. The van der Waals surface area contributed by atoms with E-state index in [4.69, 9.17) is 4.74 Å². The van der Waals surface area contributed by atoms with Gasteiger partial charge in [0.25, 0.3) is 5.91 Å². The first kappa shape index (κ1) is 18.0. The Hall–Kier alpha value is -3.34. The zero-order chi connectivity index (χ0) is 19.3. The van der Waals surface area contributed by atoms with Crippen LogP contribution in [0.25, 0.3) is 10.8 Å². The Balaban J connectivity index is 1.43. The predicted octanol–water partition coefficient (Wildman–Crippen LogP) is 5.08. The standard InChI is InChI=1S/C23H22N2O3/c26-22(24-21-10-6-8-17-7-2-3-9-20(17)21)18-11-13-19(14-12-18)28-23(27)25-15-4-1-5-16-25/h2-3,6-14H,1,4-5,15-16H2,(H,24,26). The molecule has 0 saturated carbocycles. The topological polar surface area (TPSA) is 58.6 Å². The Labute approximate surface area is 163 Å². The normalized spacial score (nSPS) is 13.9. The maximum atomic E-state index is 12.6. The van der Waals surface area contributed by atoms with Gasteiger partial charge in [-0.05, 0) is 55.0 Å². The predicted molar refractivity (Wildman–Crippen MR) is 110 cm³/mol. The molecule has 0 spiro atoms. The first-order valence-electron chi connectivity index (χ1n) is 9.57. The monoisotopic (exact) mass is 374 g/mol. The summed E-state index contributed by atoms with van der Waals surface area (Å²) in [7, 11) is 0. The quantitative estimate of drug-likeness (QED) is 0.696. The van der Waals surface area contributed by atoms with Crippen LogP contribution in [0.1, 0.15) is 29.6 Å². The number of carbonyl (C=O) groups excluding carboxylic acids is 2. The Bertz CT molecular complexity index is 987. The number of likely N-dealkylation sites (tertiary alicyclic amines) is 1. The third-order valence-electron chi connectivity index (χ3n) is 4.97. The molecule has 5 heteroatoms. The van der Waals surface area contributed by atoms with E-state index < -0.39 is 0 Å². The number of carbonyl (C=O) groups is 2. The molecule has 0 unspecified atom stereocenters. The molecule has 142 valence electrons. The van der Waals surface area contributed by atoms with Crippen LogP contribution in [0, 0.1) is 0 Å². The average molecular weight is 374 g/mol. The van der Waals surface area contributed by atoms with Gasteiger partial charge in [-0.3, -0.25) is 4.79 Å². The minimum absolute atomic E-state index is 0.203. The summed E-state index contributed by atoms with van der Waals surface area (Å²) in [6, 6.07) is 20.4. The van der Waals surface area contributed by atoms with Gasteiger partial charge in [0.05, 0.1) is 0 Å². The molecular weight excluding hydrogens is 352 g/mol. The van der Waals surface area contributed by atoms with Crippen molar-refractivity contribution in [2.45, 2.75) is 19.3 Å². The zero-order valence-corrected chi connectivity index (χ0v) is 15.6. The molecule has 4 rings (SSSR count). The number of piperidine rings is 1. The molecule has 3 aromatic carbocycles. The Kier molecular flexibility index (Phi) is 5.24. The minimum atomic E-state index is -0.326. The first-order chi connectivity index (χ1) is 13.7. The van der Waals surface area contributed by atoms with Gasteiger partial charge in [-0.25, -0.2) is 4.79 Å². The van der Waals surface area contributed by atoms with E-state index >= 15 is 0 Å². The van der Waals surface area contributed by atoms with E-state index in [9.17, 15) is 9.59 Å². The molecule has 0 atom stereocenters. The van der Waals surface area contributed by atoms with Crippen LogP contribution in [0.4, 0.5) is 10.5 Å². The molecule has 0 aromatic heterocycles. The molecule has 2 amide bonds. The van der Waals surface area contributed by atoms with Crippen molar-refractivity contribution in [3.63, 3.8) is 0 Å². The SMILES string of the molecule is O=C(Nc1cccc2ccccc12)c1ccc(OC(=O)N2CCCCC2)cc1. The Morgan fingerprint density at radius 2 is 1.54 bits per heavy atom. The van der Waals surface area contributed by atoms with E-state index in [-0.39, 0.29) is 12.0 Å². The van der Waals surface area contributed by atoms with Crippen LogP contribution in [0.15, 0.2) is 66.7 Å². The number of nitrogens with zero attached hydrogens (tertiary/aromatic N) is 1. The molecule has 0 aliphatic carbocycles. The van der Waals surface area contributed by atoms with Gasteiger partial charge in [-0.1, -0.05) is 36.4 Å². The number of rotatable bonds is 3. The van der Waals surface area contributed by atoms with Crippen LogP contribution in [0.3, 0.4) is 0 Å². The average Bonchev–Trinajstić information content (AvgIpc) is 2.75. The van der Waals surface area contributed by atoms with Gasteiger partial charge >= 0.3 is 6.09 Å².